The van der Waals surface area contributed by atoms with Crippen LogP contribution in [0.25, 0.3) is 0 Å². The molecule has 0 heterocycles. The SMILES string of the molecule is COc1ccc(CNC2CCC(C(F)(F)F)CC2)cc1. The van der Waals surface area contributed by atoms with Gasteiger partial charge in [0.1, 0.15) is 5.75 Å². The topological polar surface area (TPSA) is 21.3 Å². The van der Waals surface area contributed by atoms with Crippen molar-refractivity contribution in [3.05, 3.63) is 29.8 Å². The third-order valence-electron chi connectivity index (χ3n) is 3.94. The zero-order chi connectivity index (χ0) is 14.6. The Morgan fingerprint density at radius 2 is 1.70 bits per heavy atom. The molecule has 0 radical (unpaired) electrons. The van der Waals surface area contributed by atoms with Crippen LogP contribution in [0.4, 0.5) is 13.2 Å². The minimum Gasteiger partial charge on any atom is -0.497 e. The molecule has 2 rings (SSSR count). The highest BCUT2D eigenvalue weighted by molar-refractivity contribution is 5.27. The first-order valence-corrected chi connectivity index (χ1v) is 6.92. The molecule has 5 heteroatoms. The van der Waals surface area contributed by atoms with Gasteiger partial charge >= 0.3 is 6.18 Å². The summed E-state index contributed by atoms with van der Waals surface area (Å²) in [5, 5.41) is 3.34. The van der Waals surface area contributed by atoms with Crippen LogP contribution in [0.5, 0.6) is 5.75 Å². The minimum absolute atomic E-state index is 0.190. The largest absolute Gasteiger partial charge is 0.497 e. The molecule has 1 aliphatic carbocycles. The Morgan fingerprint density at radius 3 is 2.20 bits per heavy atom. The van der Waals surface area contributed by atoms with Crippen molar-refractivity contribution in [2.75, 3.05) is 7.11 Å². The van der Waals surface area contributed by atoms with Gasteiger partial charge in [-0.2, -0.15) is 13.2 Å². The van der Waals surface area contributed by atoms with E-state index in [1.54, 1.807) is 7.11 Å². The monoisotopic (exact) mass is 287 g/mol. The van der Waals surface area contributed by atoms with E-state index >= 15 is 0 Å². The van der Waals surface area contributed by atoms with Crippen molar-refractivity contribution in [2.45, 2.75) is 44.4 Å². The number of rotatable bonds is 4. The first-order valence-electron chi connectivity index (χ1n) is 6.92. The maximum Gasteiger partial charge on any atom is 0.391 e. The smallest absolute Gasteiger partial charge is 0.391 e. The lowest BCUT2D eigenvalue weighted by Crippen LogP contribution is -2.36. The van der Waals surface area contributed by atoms with Crippen molar-refractivity contribution in [3.63, 3.8) is 0 Å². The minimum atomic E-state index is -4.03. The van der Waals surface area contributed by atoms with Gasteiger partial charge in [0.15, 0.2) is 0 Å². The Bertz CT molecular complexity index is 408. The van der Waals surface area contributed by atoms with Crippen molar-refractivity contribution >= 4 is 0 Å². The van der Waals surface area contributed by atoms with Crippen molar-refractivity contribution in [3.8, 4) is 5.75 Å². The first-order chi connectivity index (χ1) is 9.49. The molecule has 1 saturated carbocycles. The molecule has 1 aliphatic rings. The van der Waals surface area contributed by atoms with Crippen LogP contribution < -0.4 is 10.1 Å². The predicted octanol–water partition coefficient (Wildman–Crippen LogP) is 3.91. The lowest BCUT2D eigenvalue weighted by Gasteiger charge is -2.30. The Labute approximate surface area is 117 Å². The molecule has 20 heavy (non-hydrogen) atoms. The van der Waals surface area contributed by atoms with E-state index in [1.165, 1.54) is 0 Å². The molecule has 0 bridgehead atoms. The second kappa shape index (κ2) is 6.48. The Balaban J connectivity index is 1.75. The summed E-state index contributed by atoms with van der Waals surface area (Å²) in [4.78, 5) is 0. The summed E-state index contributed by atoms with van der Waals surface area (Å²) < 4.78 is 42.8. The number of benzene rings is 1. The van der Waals surface area contributed by atoms with Crippen LogP contribution in [-0.2, 0) is 6.54 Å². The highest BCUT2D eigenvalue weighted by Gasteiger charge is 2.41. The first kappa shape index (κ1) is 15.2. The average molecular weight is 287 g/mol. The maximum absolute atomic E-state index is 12.6. The molecule has 0 spiro atoms. The lowest BCUT2D eigenvalue weighted by molar-refractivity contribution is -0.182. The van der Waals surface area contributed by atoms with Crippen molar-refractivity contribution in [2.24, 2.45) is 5.92 Å². The Hall–Kier alpha value is -1.23. The molecule has 0 aromatic heterocycles. The standard InChI is InChI=1S/C15H20F3NO/c1-20-14-8-2-11(3-9-14)10-19-13-6-4-12(5-7-13)15(16,17)18/h2-3,8-9,12-13,19H,4-7,10H2,1H3. The molecule has 112 valence electrons. The molecule has 0 aliphatic heterocycles. The van der Waals surface area contributed by atoms with Gasteiger partial charge < -0.3 is 10.1 Å². The van der Waals surface area contributed by atoms with Crippen LogP contribution in [0.1, 0.15) is 31.2 Å². The summed E-state index contributed by atoms with van der Waals surface area (Å²) in [7, 11) is 1.62. The zero-order valence-corrected chi connectivity index (χ0v) is 11.5. The molecule has 0 unspecified atom stereocenters. The molecule has 1 fully saturated rings. The molecular formula is C15H20F3NO. The second-order valence-corrected chi connectivity index (χ2v) is 5.32. The van der Waals surface area contributed by atoms with Crippen LogP contribution in [0.15, 0.2) is 24.3 Å². The molecule has 1 N–H and O–H groups in total. The van der Waals surface area contributed by atoms with Gasteiger partial charge in [-0.25, -0.2) is 0 Å². The fourth-order valence-electron chi connectivity index (χ4n) is 2.63. The summed E-state index contributed by atoms with van der Waals surface area (Å²) in [5.41, 5.74) is 1.11. The fraction of sp³-hybridized carbons (Fsp3) is 0.600. The van der Waals surface area contributed by atoms with Gasteiger partial charge in [-0.15, -0.1) is 0 Å². The number of alkyl halides is 3. The van der Waals surface area contributed by atoms with E-state index in [4.69, 9.17) is 4.74 Å². The van der Waals surface area contributed by atoms with Crippen LogP contribution in [-0.4, -0.2) is 19.3 Å². The van der Waals surface area contributed by atoms with E-state index in [0.717, 1.165) is 11.3 Å². The molecular weight excluding hydrogens is 267 g/mol. The summed E-state index contributed by atoms with van der Waals surface area (Å²) in [5.74, 6) is -0.305. The third kappa shape index (κ3) is 4.13. The van der Waals surface area contributed by atoms with Gasteiger partial charge in [0.05, 0.1) is 13.0 Å². The van der Waals surface area contributed by atoms with Gasteiger partial charge in [0.2, 0.25) is 0 Å². The molecule has 0 saturated heterocycles. The third-order valence-corrected chi connectivity index (χ3v) is 3.94. The zero-order valence-electron chi connectivity index (χ0n) is 11.5. The van der Waals surface area contributed by atoms with Gasteiger partial charge in [0.25, 0.3) is 0 Å². The molecule has 1 aromatic carbocycles. The van der Waals surface area contributed by atoms with Crippen LogP contribution >= 0.6 is 0 Å². The summed E-state index contributed by atoms with van der Waals surface area (Å²) in [6.45, 7) is 0.686. The van der Waals surface area contributed by atoms with Gasteiger partial charge in [0, 0.05) is 12.6 Å². The van der Waals surface area contributed by atoms with Crippen molar-refractivity contribution in [1.29, 1.82) is 0 Å². The van der Waals surface area contributed by atoms with Gasteiger partial charge in [-0.3, -0.25) is 0 Å². The van der Waals surface area contributed by atoms with E-state index in [2.05, 4.69) is 5.32 Å². The van der Waals surface area contributed by atoms with Crippen LogP contribution in [0, 0.1) is 5.92 Å². The predicted molar refractivity (Wildman–Crippen MR) is 71.6 cm³/mol. The quantitative estimate of drug-likeness (QED) is 0.906. The van der Waals surface area contributed by atoms with E-state index in [-0.39, 0.29) is 18.9 Å². The van der Waals surface area contributed by atoms with Crippen molar-refractivity contribution in [1.82, 2.24) is 5.32 Å². The summed E-state index contributed by atoms with van der Waals surface area (Å²) in [6, 6.07) is 7.89. The molecule has 2 nitrogen and oxygen atoms in total. The van der Waals surface area contributed by atoms with E-state index in [9.17, 15) is 13.2 Å². The fourth-order valence-corrected chi connectivity index (χ4v) is 2.63. The van der Waals surface area contributed by atoms with Gasteiger partial charge in [-0.1, -0.05) is 12.1 Å². The second-order valence-electron chi connectivity index (χ2n) is 5.32. The molecule has 0 atom stereocenters. The Kier molecular flexibility index (Phi) is 4.91. The Morgan fingerprint density at radius 1 is 1.10 bits per heavy atom. The van der Waals surface area contributed by atoms with E-state index in [1.807, 2.05) is 24.3 Å². The molecule has 1 aromatic rings. The van der Waals surface area contributed by atoms with Crippen LogP contribution in [0.2, 0.25) is 0 Å². The van der Waals surface area contributed by atoms with E-state index in [0.29, 0.717) is 19.4 Å². The normalized spacial score (nSPS) is 23.6. The summed E-state index contributed by atoms with van der Waals surface area (Å²) in [6.07, 6.45) is -2.35. The summed E-state index contributed by atoms with van der Waals surface area (Å²) >= 11 is 0. The number of halogens is 3. The average Bonchev–Trinajstić information content (AvgIpc) is 2.45. The number of methoxy groups -OCH3 is 1. The van der Waals surface area contributed by atoms with Crippen molar-refractivity contribution < 1.29 is 17.9 Å². The maximum atomic E-state index is 12.6. The number of ether oxygens (including phenoxy) is 1. The number of hydrogen-bond acceptors (Lipinski definition) is 2. The van der Waals surface area contributed by atoms with Gasteiger partial charge in [-0.05, 0) is 43.4 Å². The van der Waals surface area contributed by atoms with Crippen LogP contribution in [0.3, 0.4) is 0 Å². The number of nitrogens with one attached hydrogen (secondary N) is 1. The lowest BCUT2D eigenvalue weighted by atomic mass is 9.85. The highest BCUT2D eigenvalue weighted by atomic mass is 19.4. The van der Waals surface area contributed by atoms with E-state index < -0.39 is 12.1 Å². The highest BCUT2D eigenvalue weighted by Crippen LogP contribution is 2.37. The molecule has 0 amide bonds. The number of hydrogen-bond donors (Lipinski definition) is 1.